The predicted octanol–water partition coefficient (Wildman–Crippen LogP) is 1.65. The molecular formula is C20H27F6N3O7. The number of piperazine rings is 1. The molecule has 1 aromatic rings. The fourth-order valence-corrected chi connectivity index (χ4v) is 3.70. The van der Waals surface area contributed by atoms with Crippen molar-refractivity contribution in [2.75, 3.05) is 46.4 Å². The second-order valence-electron chi connectivity index (χ2n) is 7.98. The SMILES string of the molecule is CN1CCN(CCO)C(=O)C12CCN(Cc1ccoc1)CC2.O=C(O)C(F)(F)F.O=C(O)C(F)(F)F. The van der Waals surface area contributed by atoms with Crippen LogP contribution >= 0.6 is 0 Å². The van der Waals surface area contributed by atoms with Crippen LogP contribution in [0.5, 0.6) is 0 Å². The number of halogens is 6. The Labute approximate surface area is 201 Å². The van der Waals surface area contributed by atoms with Crippen molar-refractivity contribution in [3.05, 3.63) is 24.2 Å². The first-order valence-electron chi connectivity index (χ1n) is 10.5. The standard InChI is InChI=1S/C16H25N3O3.2C2HF3O2/c1-17-7-8-19(9-10-20)15(21)16(17)3-5-18(6-4-16)12-14-2-11-22-13-14;2*3-2(4,5)1(6)7/h2,11,13,20H,3-10,12H2,1H3;2*(H,6,7). The molecule has 0 atom stereocenters. The number of carboxylic acid groups (broad SMARTS) is 2. The first kappa shape index (κ1) is 31.2. The van der Waals surface area contributed by atoms with Crippen LogP contribution in [0.2, 0.25) is 0 Å². The minimum Gasteiger partial charge on any atom is -0.475 e. The number of nitrogens with zero attached hydrogens (tertiary/aromatic N) is 3. The lowest BCUT2D eigenvalue weighted by atomic mass is 9.82. The first-order valence-corrected chi connectivity index (χ1v) is 10.5. The molecule has 0 bridgehead atoms. The molecule has 2 fully saturated rings. The van der Waals surface area contributed by atoms with Gasteiger partial charge in [0.1, 0.15) is 5.54 Å². The van der Waals surface area contributed by atoms with E-state index in [1.807, 2.05) is 11.0 Å². The number of aliphatic hydroxyl groups excluding tert-OH is 1. The summed E-state index contributed by atoms with van der Waals surface area (Å²) in [5.74, 6) is -5.32. The number of amides is 1. The molecule has 16 heteroatoms. The van der Waals surface area contributed by atoms with E-state index < -0.39 is 24.3 Å². The molecule has 3 heterocycles. The van der Waals surface area contributed by atoms with Crippen molar-refractivity contribution < 1.29 is 60.5 Å². The number of rotatable bonds is 4. The monoisotopic (exact) mass is 535 g/mol. The van der Waals surface area contributed by atoms with E-state index in [9.17, 15) is 31.1 Å². The summed E-state index contributed by atoms with van der Waals surface area (Å²) < 4.78 is 68.6. The maximum Gasteiger partial charge on any atom is 0.490 e. The lowest BCUT2D eigenvalue weighted by molar-refractivity contribution is -0.193. The van der Waals surface area contributed by atoms with Crippen LogP contribution in [0, 0.1) is 0 Å². The zero-order valence-electron chi connectivity index (χ0n) is 19.2. The van der Waals surface area contributed by atoms with Gasteiger partial charge in [0.25, 0.3) is 0 Å². The van der Waals surface area contributed by atoms with Gasteiger partial charge in [0.15, 0.2) is 0 Å². The molecule has 1 spiro atoms. The Hall–Kier alpha value is -2.85. The van der Waals surface area contributed by atoms with E-state index in [0.29, 0.717) is 6.54 Å². The number of carbonyl (C=O) groups is 3. The molecule has 3 rings (SSSR count). The molecule has 2 aliphatic rings. The van der Waals surface area contributed by atoms with Crippen molar-refractivity contribution in [1.29, 1.82) is 0 Å². The Morgan fingerprint density at radius 2 is 1.50 bits per heavy atom. The normalized spacial score (nSPS) is 18.7. The van der Waals surface area contributed by atoms with Crippen molar-refractivity contribution in [1.82, 2.24) is 14.7 Å². The number of carbonyl (C=O) groups excluding carboxylic acids is 1. The van der Waals surface area contributed by atoms with Crippen LogP contribution in [-0.4, -0.2) is 112 Å². The maximum atomic E-state index is 12.9. The van der Waals surface area contributed by atoms with Gasteiger partial charge in [-0.25, -0.2) is 9.59 Å². The fourth-order valence-electron chi connectivity index (χ4n) is 3.70. The van der Waals surface area contributed by atoms with E-state index in [1.165, 1.54) is 5.56 Å². The Morgan fingerprint density at radius 3 is 1.89 bits per heavy atom. The van der Waals surface area contributed by atoms with Crippen LogP contribution < -0.4 is 0 Å². The van der Waals surface area contributed by atoms with Gasteiger partial charge in [-0.2, -0.15) is 26.3 Å². The molecule has 10 nitrogen and oxygen atoms in total. The van der Waals surface area contributed by atoms with Crippen molar-refractivity contribution in [3.63, 3.8) is 0 Å². The molecule has 1 amide bonds. The lowest BCUT2D eigenvalue weighted by Gasteiger charge is -2.51. The molecule has 3 N–H and O–H groups in total. The lowest BCUT2D eigenvalue weighted by Crippen LogP contribution is -2.67. The van der Waals surface area contributed by atoms with Crippen LogP contribution in [-0.2, 0) is 20.9 Å². The number of furan rings is 1. The number of aliphatic carboxylic acids is 2. The van der Waals surface area contributed by atoms with Gasteiger partial charge in [0.05, 0.1) is 19.1 Å². The molecule has 0 saturated carbocycles. The average Bonchev–Trinajstić information content (AvgIpc) is 3.28. The van der Waals surface area contributed by atoms with Gasteiger partial charge in [0, 0.05) is 44.8 Å². The second kappa shape index (κ2) is 12.9. The number of β-amino-alcohol motifs (C(OH)–C–C–N with tert-alkyl or cyclic N) is 1. The fraction of sp³-hybridized carbons (Fsp3) is 0.650. The number of carboxylic acids is 2. The molecule has 0 aromatic carbocycles. The Morgan fingerprint density at radius 1 is 1.00 bits per heavy atom. The van der Waals surface area contributed by atoms with E-state index in [0.717, 1.165) is 45.6 Å². The van der Waals surface area contributed by atoms with Crippen LogP contribution in [0.15, 0.2) is 23.0 Å². The second-order valence-corrected chi connectivity index (χ2v) is 7.98. The van der Waals surface area contributed by atoms with E-state index in [2.05, 4.69) is 16.8 Å². The molecular weight excluding hydrogens is 508 g/mol. The third kappa shape index (κ3) is 8.98. The van der Waals surface area contributed by atoms with E-state index >= 15 is 0 Å². The smallest absolute Gasteiger partial charge is 0.475 e. The van der Waals surface area contributed by atoms with Crippen molar-refractivity contribution >= 4 is 17.8 Å². The summed E-state index contributed by atoms with van der Waals surface area (Å²) in [5, 5.41) is 23.4. The van der Waals surface area contributed by atoms with Crippen molar-refractivity contribution in [3.8, 4) is 0 Å². The minimum absolute atomic E-state index is 0.0398. The van der Waals surface area contributed by atoms with Gasteiger partial charge in [-0.05, 0) is 26.0 Å². The highest BCUT2D eigenvalue weighted by Gasteiger charge is 2.49. The predicted molar refractivity (Wildman–Crippen MR) is 110 cm³/mol. The average molecular weight is 535 g/mol. The van der Waals surface area contributed by atoms with Crippen LogP contribution in [0.25, 0.3) is 0 Å². The topological polar surface area (TPSA) is 135 Å². The number of likely N-dealkylation sites (tertiary alicyclic amines) is 1. The number of likely N-dealkylation sites (N-methyl/N-ethyl adjacent to an activating group) is 1. The maximum absolute atomic E-state index is 12.9. The third-order valence-corrected chi connectivity index (χ3v) is 5.65. The molecule has 2 aliphatic heterocycles. The Kier molecular flexibility index (Phi) is 11.2. The van der Waals surface area contributed by atoms with Crippen molar-refractivity contribution in [2.24, 2.45) is 0 Å². The summed E-state index contributed by atoms with van der Waals surface area (Å²) in [7, 11) is 2.06. The number of piperidine rings is 1. The summed E-state index contributed by atoms with van der Waals surface area (Å²) in [6.45, 7) is 4.79. The molecule has 206 valence electrons. The summed E-state index contributed by atoms with van der Waals surface area (Å²) in [6.07, 6.45) is -4.98. The summed E-state index contributed by atoms with van der Waals surface area (Å²) >= 11 is 0. The summed E-state index contributed by atoms with van der Waals surface area (Å²) in [5.41, 5.74) is 0.807. The number of alkyl halides is 6. The molecule has 0 radical (unpaired) electrons. The number of hydrogen-bond donors (Lipinski definition) is 3. The summed E-state index contributed by atoms with van der Waals surface area (Å²) in [6, 6.07) is 1.99. The summed E-state index contributed by atoms with van der Waals surface area (Å²) in [4.78, 5) is 37.1. The zero-order valence-corrected chi connectivity index (χ0v) is 19.2. The number of hydrogen-bond acceptors (Lipinski definition) is 7. The van der Waals surface area contributed by atoms with Gasteiger partial charge < -0.3 is 24.6 Å². The third-order valence-electron chi connectivity index (χ3n) is 5.65. The molecule has 2 saturated heterocycles. The van der Waals surface area contributed by atoms with Crippen LogP contribution in [0.1, 0.15) is 18.4 Å². The molecule has 36 heavy (non-hydrogen) atoms. The van der Waals surface area contributed by atoms with E-state index in [1.54, 1.807) is 12.5 Å². The highest BCUT2D eigenvalue weighted by molar-refractivity contribution is 5.87. The molecule has 1 aromatic heterocycles. The van der Waals surface area contributed by atoms with Gasteiger partial charge >= 0.3 is 24.3 Å². The van der Waals surface area contributed by atoms with Gasteiger partial charge in [0.2, 0.25) is 5.91 Å². The number of aliphatic hydroxyl groups is 1. The molecule has 0 unspecified atom stereocenters. The van der Waals surface area contributed by atoms with Gasteiger partial charge in [-0.1, -0.05) is 0 Å². The highest BCUT2D eigenvalue weighted by atomic mass is 19.4. The first-order chi connectivity index (χ1) is 16.5. The van der Waals surface area contributed by atoms with Crippen LogP contribution in [0.3, 0.4) is 0 Å². The zero-order chi connectivity index (χ0) is 27.7. The largest absolute Gasteiger partial charge is 0.490 e. The van der Waals surface area contributed by atoms with E-state index in [-0.39, 0.29) is 18.1 Å². The van der Waals surface area contributed by atoms with E-state index in [4.69, 9.17) is 29.3 Å². The minimum atomic E-state index is -5.08. The van der Waals surface area contributed by atoms with Crippen molar-refractivity contribution in [2.45, 2.75) is 37.3 Å². The Bertz CT molecular complexity index is 829. The van der Waals surface area contributed by atoms with Gasteiger partial charge in [-0.15, -0.1) is 0 Å². The Balaban J connectivity index is 0.000000383. The molecule has 0 aliphatic carbocycles. The highest BCUT2D eigenvalue weighted by Crippen LogP contribution is 2.33. The van der Waals surface area contributed by atoms with Gasteiger partial charge in [-0.3, -0.25) is 14.6 Å². The van der Waals surface area contributed by atoms with Crippen LogP contribution in [0.4, 0.5) is 26.3 Å². The quantitative estimate of drug-likeness (QED) is 0.492.